The number of carbonyl (C=O) groups excluding carboxylic acids is 1. The zero-order valence-corrected chi connectivity index (χ0v) is 15.8. The van der Waals surface area contributed by atoms with E-state index in [0.717, 1.165) is 22.2 Å². The van der Waals surface area contributed by atoms with Gasteiger partial charge >= 0.3 is 0 Å². The van der Waals surface area contributed by atoms with Crippen molar-refractivity contribution < 1.29 is 4.79 Å². The van der Waals surface area contributed by atoms with Crippen LogP contribution in [0, 0.1) is 0 Å². The van der Waals surface area contributed by atoms with Crippen LogP contribution in [0.3, 0.4) is 0 Å². The van der Waals surface area contributed by atoms with Crippen LogP contribution in [-0.4, -0.2) is 41.5 Å². The van der Waals surface area contributed by atoms with Crippen molar-refractivity contribution in [3.05, 3.63) is 46.9 Å². The van der Waals surface area contributed by atoms with Crippen LogP contribution in [-0.2, 0) is 4.79 Å². The van der Waals surface area contributed by atoms with E-state index < -0.39 is 0 Å². The molecule has 0 bridgehead atoms. The third-order valence-electron chi connectivity index (χ3n) is 3.63. The number of thioether (sulfide) groups is 2. The molecule has 2 heterocycles. The smallest absolute Gasteiger partial charge is 0.269 e. The van der Waals surface area contributed by atoms with Gasteiger partial charge in [-0.25, -0.2) is 0 Å². The number of halogens is 1. The summed E-state index contributed by atoms with van der Waals surface area (Å²) in [5, 5.41) is 1.69. The fraction of sp³-hybridized carbons (Fsp3) is 0.294. The van der Waals surface area contributed by atoms with E-state index in [1.54, 1.807) is 22.7 Å². The largest absolute Gasteiger partial charge is 0.334 e. The fourth-order valence-corrected chi connectivity index (χ4v) is 5.09. The average Bonchev–Trinajstić information content (AvgIpc) is 3.11. The Morgan fingerprint density at radius 1 is 1.29 bits per heavy atom. The van der Waals surface area contributed by atoms with Crippen LogP contribution >= 0.6 is 35.1 Å². The highest BCUT2D eigenvalue weighted by atomic mass is 35.5. The molecule has 7 heteroatoms. The summed E-state index contributed by atoms with van der Waals surface area (Å²) in [6.45, 7) is 7.60. The minimum atomic E-state index is -0.0121. The summed E-state index contributed by atoms with van der Waals surface area (Å²) in [4.78, 5) is 23.1. The van der Waals surface area contributed by atoms with Gasteiger partial charge in [0, 0.05) is 23.9 Å². The zero-order valence-electron chi connectivity index (χ0n) is 13.4. The molecule has 24 heavy (non-hydrogen) atoms. The van der Waals surface area contributed by atoms with Crippen LogP contribution in [0.1, 0.15) is 6.92 Å². The van der Waals surface area contributed by atoms with Crippen molar-refractivity contribution in [3.8, 4) is 0 Å². The molecule has 2 aliphatic heterocycles. The normalized spacial score (nSPS) is 21.8. The van der Waals surface area contributed by atoms with Crippen molar-refractivity contribution in [2.45, 2.75) is 11.8 Å². The Morgan fingerprint density at radius 3 is 2.79 bits per heavy atom. The van der Waals surface area contributed by atoms with Crippen molar-refractivity contribution in [1.29, 1.82) is 0 Å². The Hall–Kier alpha value is -1.37. The second-order valence-corrected chi connectivity index (χ2v) is 7.49. The lowest BCUT2D eigenvalue weighted by Crippen LogP contribution is -2.30. The first-order valence-electron chi connectivity index (χ1n) is 7.71. The highest BCUT2D eigenvalue weighted by Crippen LogP contribution is 2.50. The third-order valence-corrected chi connectivity index (χ3v) is 6.21. The van der Waals surface area contributed by atoms with E-state index in [2.05, 4.69) is 35.5 Å². The van der Waals surface area contributed by atoms with Crippen LogP contribution in [0.5, 0.6) is 0 Å². The highest BCUT2D eigenvalue weighted by molar-refractivity contribution is 8.19. The van der Waals surface area contributed by atoms with Gasteiger partial charge in [-0.1, -0.05) is 30.0 Å². The predicted molar refractivity (Wildman–Crippen MR) is 105 cm³/mol. The number of amidine groups is 1. The number of anilines is 1. The predicted octanol–water partition coefficient (Wildman–Crippen LogP) is 4.14. The van der Waals surface area contributed by atoms with Crippen molar-refractivity contribution in [2.75, 3.05) is 30.4 Å². The molecular formula is C17H18ClN3OS2. The van der Waals surface area contributed by atoms with E-state index >= 15 is 0 Å². The summed E-state index contributed by atoms with van der Waals surface area (Å²) in [5.41, 5.74) is 1.15. The van der Waals surface area contributed by atoms with E-state index in [0.29, 0.717) is 24.1 Å². The molecule has 0 N–H and O–H groups in total. The lowest BCUT2D eigenvalue weighted by molar-refractivity contribution is -0.121. The quantitative estimate of drug-likeness (QED) is 0.437. The molecule has 1 aromatic rings. The van der Waals surface area contributed by atoms with Crippen molar-refractivity contribution in [1.82, 2.24) is 4.90 Å². The van der Waals surface area contributed by atoms with Gasteiger partial charge in [-0.3, -0.25) is 14.7 Å². The van der Waals surface area contributed by atoms with Gasteiger partial charge < -0.3 is 4.90 Å². The molecule has 0 aliphatic carbocycles. The third kappa shape index (κ3) is 3.10. The van der Waals surface area contributed by atoms with Crippen LogP contribution in [0.2, 0.25) is 0 Å². The van der Waals surface area contributed by atoms with Gasteiger partial charge in [0.15, 0.2) is 5.17 Å². The maximum Gasteiger partial charge on any atom is 0.269 e. The Morgan fingerprint density at radius 2 is 2.08 bits per heavy atom. The summed E-state index contributed by atoms with van der Waals surface area (Å²) in [7, 11) is 0. The summed E-state index contributed by atoms with van der Waals surface area (Å²) in [6, 6.07) is 8.22. The minimum absolute atomic E-state index is 0.0121. The number of rotatable bonds is 5. The van der Waals surface area contributed by atoms with Gasteiger partial charge in [0.05, 0.1) is 12.2 Å². The molecule has 0 atom stereocenters. The second kappa shape index (κ2) is 7.68. The monoisotopic (exact) mass is 379 g/mol. The average molecular weight is 380 g/mol. The molecule has 1 fully saturated rings. The first-order valence-corrected chi connectivity index (χ1v) is 9.87. The van der Waals surface area contributed by atoms with E-state index in [4.69, 9.17) is 11.6 Å². The lowest BCUT2D eigenvalue weighted by atomic mass is 10.3. The van der Waals surface area contributed by atoms with Crippen LogP contribution in [0.4, 0.5) is 5.69 Å². The zero-order chi connectivity index (χ0) is 17.1. The number of para-hydroxylation sites is 1. The summed E-state index contributed by atoms with van der Waals surface area (Å²) in [6.07, 6.45) is 1.72. The standard InChI is InChI=1S/C17H18ClN3OS2/c1-3-11-21-15(22)14(24-17(21)19-10-9-18)16-20(4-2)12-7-5-6-8-13(12)23-16/h3,5-8H,1,4,9-11H2,2H3. The molecular weight excluding hydrogens is 362 g/mol. The van der Waals surface area contributed by atoms with E-state index in [1.165, 1.54) is 16.7 Å². The van der Waals surface area contributed by atoms with E-state index in [1.807, 2.05) is 12.1 Å². The molecule has 2 aliphatic rings. The number of benzene rings is 1. The van der Waals surface area contributed by atoms with Crippen molar-refractivity contribution >= 4 is 51.9 Å². The number of hydrogen-bond acceptors (Lipinski definition) is 5. The fourth-order valence-electron chi connectivity index (χ4n) is 2.60. The molecule has 1 amide bonds. The Bertz CT molecular complexity index is 732. The highest BCUT2D eigenvalue weighted by Gasteiger charge is 2.38. The summed E-state index contributed by atoms with van der Waals surface area (Å²) >= 11 is 8.82. The van der Waals surface area contributed by atoms with Crippen LogP contribution < -0.4 is 4.90 Å². The van der Waals surface area contributed by atoms with Crippen molar-refractivity contribution in [2.24, 2.45) is 4.99 Å². The first kappa shape index (κ1) is 17.5. The van der Waals surface area contributed by atoms with Gasteiger partial charge in [0.25, 0.3) is 5.91 Å². The first-order chi connectivity index (χ1) is 11.7. The number of fused-ring (bicyclic) bond motifs is 1. The van der Waals surface area contributed by atoms with E-state index in [9.17, 15) is 4.79 Å². The number of alkyl halides is 1. The Balaban J connectivity index is 2.01. The Labute approximate surface area is 155 Å². The number of amides is 1. The maximum absolute atomic E-state index is 12.9. The van der Waals surface area contributed by atoms with Gasteiger partial charge in [-0.2, -0.15) is 0 Å². The minimum Gasteiger partial charge on any atom is -0.334 e. The molecule has 0 unspecified atom stereocenters. The molecule has 0 spiro atoms. The molecule has 1 saturated heterocycles. The van der Waals surface area contributed by atoms with Gasteiger partial charge in [-0.15, -0.1) is 18.2 Å². The molecule has 4 nitrogen and oxygen atoms in total. The number of aliphatic imine (C=N–C) groups is 1. The molecule has 0 aromatic heterocycles. The van der Waals surface area contributed by atoms with Gasteiger partial charge in [0.2, 0.25) is 0 Å². The molecule has 1 aromatic carbocycles. The Kier molecular flexibility index (Phi) is 5.58. The molecule has 0 radical (unpaired) electrons. The molecule has 0 saturated carbocycles. The second-order valence-electron chi connectivity index (χ2n) is 5.11. The van der Waals surface area contributed by atoms with Gasteiger partial charge in [-0.05, 0) is 30.8 Å². The SMILES string of the molecule is C=CCN1C(=O)C(=C2Sc3ccccc3N2CC)SC1=NCCCl. The summed E-state index contributed by atoms with van der Waals surface area (Å²) < 4.78 is 0. The van der Waals surface area contributed by atoms with Crippen LogP contribution in [0.15, 0.2) is 56.7 Å². The van der Waals surface area contributed by atoms with E-state index in [-0.39, 0.29) is 5.91 Å². The number of nitrogens with zero attached hydrogens (tertiary/aromatic N) is 3. The lowest BCUT2D eigenvalue weighted by Gasteiger charge is -2.19. The van der Waals surface area contributed by atoms with Crippen molar-refractivity contribution in [3.63, 3.8) is 0 Å². The van der Waals surface area contributed by atoms with Gasteiger partial charge in [0.1, 0.15) is 9.93 Å². The number of carbonyl (C=O) groups is 1. The van der Waals surface area contributed by atoms with Crippen LogP contribution in [0.25, 0.3) is 0 Å². The number of hydrogen-bond donors (Lipinski definition) is 0. The maximum atomic E-state index is 12.9. The molecule has 126 valence electrons. The summed E-state index contributed by atoms with van der Waals surface area (Å²) in [5.74, 6) is 0.426. The molecule has 3 rings (SSSR count). The topological polar surface area (TPSA) is 35.9 Å².